The highest BCUT2D eigenvalue weighted by Crippen LogP contribution is 1.93. The normalized spacial score (nSPS) is 9.57. The largest absolute Gasteiger partial charge is 0.338 e. The Kier molecular flexibility index (Phi) is 7.99. The lowest BCUT2D eigenvalue weighted by atomic mass is 10.3. The standard InChI is InChI=1S/C11H22N2O/c1-4-7-8-12-11(14)13(9-5-2)10-6-3/h5H,2,4,6-10H2,1,3H3,(H,12,14). The van der Waals surface area contributed by atoms with E-state index in [4.69, 9.17) is 0 Å². The number of amides is 2. The van der Waals surface area contributed by atoms with Gasteiger partial charge in [-0.15, -0.1) is 6.58 Å². The van der Waals surface area contributed by atoms with Crippen molar-refractivity contribution in [3.05, 3.63) is 12.7 Å². The van der Waals surface area contributed by atoms with Crippen molar-refractivity contribution < 1.29 is 4.79 Å². The van der Waals surface area contributed by atoms with Crippen LogP contribution in [-0.2, 0) is 0 Å². The predicted molar refractivity (Wildman–Crippen MR) is 60.4 cm³/mol. The number of nitrogens with one attached hydrogen (secondary N) is 1. The fraction of sp³-hybridized carbons (Fsp3) is 0.727. The third-order valence-electron chi connectivity index (χ3n) is 1.94. The molecule has 0 saturated carbocycles. The number of urea groups is 1. The first-order valence-corrected chi connectivity index (χ1v) is 5.39. The summed E-state index contributed by atoms with van der Waals surface area (Å²) in [5, 5.41) is 2.89. The first-order valence-electron chi connectivity index (χ1n) is 5.39. The van der Waals surface area contributed by atoms with Gasteiger partial charge in [0.05, 0.1) is 0 Å². The van der Waals surface area contributed by atoms with Gasteiger partial charge in [0, 0.05) is 19.6 Å². The van der Waals surface area contributed by atoms with Gasteiger partial charge in [-0.05, 0) is 12.8 Å². The van der Waals surface area contributed by atoms with Crippen molar-refractivity contribution in [1.29, 1.82) is 0 Å². The zero-order chi connectivity index (χ0) is 10.8. The molecule has 0 heterocycles. The van der Waals surface area contributed by atoms with Crippen LogP contribution in [0.25, 0.3) is 0 Å². The minimum atomic E-state index is 0.0280. The van der Waals surface area contributed by atoms with Gasteiger partial charge in [-0.3, -0.25) is 0 Å². The van der Waals surface area contributed by atoms with Gasteiger partial charge in [-0.25, -0.2) is 4.79 Å². The van der Waals surface area contributed by atoms with E-state index in [-0.39, 0.29) is 6.03 Å². The lowest BCUT2D eigenvalue weighted by molar-refractivity contribution is 0.203. The zero-order valence-corrected chi connectivity index (χ0v) is 9.38. The average molecular weight is 198 g/mol. The number of carbonyl (C=O) groups is 1. The summed E-state index contributed by atoms with van der Waals surface area (Å²) in [6, 6.07) is 0.0280. The van der Waals surface area contributed by atoms with Crippen molar-refractivity contribution in [3.8, 4) is 0 Å². The second-order valence-electron chi connectivity index (χ2n) is 3.32. The van der Waals surface area contributed by atoms with Crippen LogP contribution in [0.15, 0.2) is 12.7 Å². The number of hydrogen-bond acceptors (Lipinski definition) is 1. The third kappa shape index (κ3) is 5.62. The summed E-state index contributed by atoms with van der Waals surface area (Å²) in [5.41, 5.74) is 0. The lowest BCUT2D eigenvalue weighted by Gasteiger charge is -2.20. The minimum absolute atomic E-state index is 0.0280. The number of nitrogens with zero attached hydrogens (tertiary/aromatic N) is 1. The summed E-state index contributed by atoms with van der Waals surface area (Å²) in [7, 11) is 0. The number of unbranched alkanes of at least 4 members (excludes halogenated alkanes) is 1. The third-order valence-corrected chi connectivity index (χ3v) is 1.94. The maximum absolute atomic E-state index is 11.6. The molecule has 3 heteroatoms. The summed E-state index contributed by atoms with van der Waals surface area (Å²) in [6.45, 7) is 10.0. The molecule has 0 fully saturated rings. The van der Waals surface area contributed by atoms with Crippen molar-refractivity contribution in [1.82, 2.24) is 10.2 Å². The van der Waals surface area contributed by atoms with Crippen molar-refractivity contribution >= 4 is 6.03 Å². The second-order valence-corrected chi connectivity index (χ2v) is 3.32. The molecule has 0 radical (unpaired) electrons. The van der Waals surface area contributed by atoms with Gasteiger partial charge in [0.2, 0.25) is 0 Å². The van der Waals surface area contributed by atoms with E-state index >= 15 is 0 Å². The van der Waals surface area contributed by atoms with Crippen LogP contribution in [0.4, 0.5) is 4.79 Å². The Labute approximate surface area is 87.2 Å². The molecule has 82 valence electrons. The maximum atomic E-state index is 11.6. The van der Waals surface area contributed by atoms with Gasteiger partial charge in [0.1, 0.15) is 0 Å². The number of rotatable bonds is 7. The molecule has 0 bridgehead atoms. The molecule has 0 saturated heterocycles. The fourth-order valence-corrected chi connectivity index (χ4v) is 1.19. The van der Waals surface area contributed by atoms with Crippen molar-refractivity contribution in [3.63, 3.8) is 0 Å². The Morgan fingerprint density at radius 2 is 2.14 bits per heavy atom. The van der Waals surface area contributed by atoms with E-state index < -0.39 is 0 Å². The van der Waals surface area contributed by atoms with Gasteiger partial charge in [0.25, 0.3) is 0 Å². The van der Waals surface area contributed by atoms with Crippen LogP contribution in [0, 0.1) is 0 Å². The first kappa shape index (κ1) is 13.0. The Bertz CT molecular complexity index is 169. The fourth-order valence-electron chi connectivity index (χ4n) is 1.19. The van der Waals surface area contributed by atoms with E-state index in [9.17, 15) is 4.79 Å². The molecular formula is C11H22N2O. The molecule has 0 aromatic rings. The summed E-state index contributed by atoms with van der Waals surface area (Å²) < 4.78 is 0. The van der Waals surface area contributed by atoms with E-state index in [1.54, 1.807) is 11.0 Å². The van der Waals surface area contributed by atoms with E-state index in [1.807, 2.05) is 0 Å². The smallest absolute Gasteiger partial charge is 0.317 e. The topological polar surface area (TPSA) is 32.3 Å². The molecule has 0 unspecified atom stereocenters. The molecule has 0 aliphatic heterocycles. The van der Waals surface area contributed by atoms with Crippen LogP contribution < -0.4 is 5.32 Å². The first-order chi connectivity index (χ1) is 6.76. The van der Waals surface area contributed by atoms with Gasteiger partial charge in [-0.2, -0.15) is 0 Å². The maximum Gasteiger partial charge on any atom is 0.317 e. The molecule has 0 aromatic carbocycles. The molecule has 0 aromatic heterocycles. The van der Waals surface area contributed by atoms with Crippen molar-refractivity contribution in [2.24, 2.45) is 0 Å². The van der Waals surface area contributed by atoms with Gasteiger partial charge in [0.15, 0.2) is 0 Å². The zero-order valence-electron chi connectivity index (χ0n) is 9.38. The number of hydrogen-bond donors (Lipinski definition) is 1. The molecule has 0 atom stereocenters. The van der Waals surface area contributed by atoms with Crippen LogP contribution >= 0.6 is 0 Å². The lowest BCUT2D eigenvalue weighted by Crippen LogP contribution is -2.40. The quantitative estimate of drug-likeness (QED) is 0.494. The van der Waals surface area contributed by atoms with Crippen LogP contribution in [0.3, 0.4) is 0 Å². The van der Waals surface area contributed by atoms with E-state index in [2.05, 4.69) is 25.7 Å². The molecule has 14 heavy (non-hydrogen) atoms. The van der Waals surface area contributed by atoms with Gasteiger partial charge in [-0.1, -0.05) is 26.3 Å². The Hall–Kier alpha value is -0.990. The molecule has 1 N–H and O–H groups in total. The second kappa shape index (κ2) is 8.60. The Morgan fingerprint density at radius 3 is 2.64 bits per heavy atom. The van der Waals surface area contributed by atoms with Crippen LogP contribution in [0.5, 0.6) is 0 Å². The molecule has 0 spiro atoms. The number of carbonyl (C=O) groups excluding carboxylic acids is 1. The monoisotopic (exact) mass is 198 g/mol. The molecule has 2 amide bonds. The van der Waals surface area contributed by atoms with E-state index in [0.717, 1.165) is 32.4 Å². The van der Waals surface area contributed by atoms with Gasteiger partial charge >= 0.3 is 6.03 Å². The van der Waals surface area contributed by atoms with E-state index in [0.29, 0.717) is 6.54 Å². The summed E-state index contributed by atoms with van der Waals surface area (Å²) >= 11 is 0. The Balaban J connectivity index is 3.81. The molecular weight excluding hydrogens is 176 g/mol. The Morgan fingerprint density at radius 1 is 1.43 bits per heavy atom. The molecule has 0 aliphatic carbocycles. The minimum Gasteiger partial charge on any atom is -0.338 e. The van der Waals surface area contributed by atoms with Gasteiger partial charge < -0.3 is 10.2 Å². The van der Waals surface area contributed by atoms with Crippen molar-refractivity contribution in [2.45, 2.75) is 33.1 Å². The van der Waals surface area contributed by atoms with Crippen LogP contribution in [-0.4, -0.2) is 30.6 Å². The highest BCUT2D eigenvalue weighted by Gasteiger charge is 2.08. The summed E-state index contributed by atoms with van der Waals surface area (Å²) in [4.78, 5) is 13.3. The SMILES string of the molecule is C=CCN(CCC)C(=O)NCCCC. The highest BCUT2D eigenvalue weighted by atomic mass is 16.2. The molecule has 0 aliphatic rings. The summed E-state index contributed by atoms with van der Waals surface area (Å²) in [5.74, 6) is 0. The highest BCUT2D eigenvalue weighted by molar-refractivity contribution is 5.74. The van der Waals surface area contributed by atoms with Crippen LogP contribution in [0.2, 0.25) is 0 Å². The average Bonchev–Trinajstić information content (AvgIpc) is 2.18. The van der Waals surface area contributed by atoms with Crippen LogP contribution in [0.1, 0.15) is 33.1 Å². The summed E-state index contributed by atoms with van der Waals surface area (Å²) in [6.07, 6.45) is 4.89. The van der Waals surface area contributed by atoms with Crippen molar-refractivity contribution in [2.75, 3.05) is 19.6 Å². The molecule has 0 rings (SSSR count). The molecule has 3 nitrogen and oxygen atoms in total. The predicted octanol–water partition coefficient (Wildman–Crippen LogP) is 2.39. The van der Waals surface area contributed by atoms with E-state index in [1.165, 1.54) is 0 Å².